The molecule has 0 saturated heterocycles. The van der Waals surface area contributed by atoms with E-state index in [9.17, 15) is 13.2 Å². The molecule has 0 atom stereocenters. The fourth-order valence-electron chi connectivity index (χ4n) is 4.01. The monoisotopic (exact) mass is 376 g/mol. The smallest absolute Gasteiger partial charge is 0.406 e. The Morgan fingerprint density at radius 1 is 0.815 bits per heavy atom. The zero-order valence-electron chi connectivity index (χ0n) is 15.8. The van der Waals surface area contributed by atoms with Crippen molar-refractivity contribution in [1.29, 1.82) is 0 Å². The molecule has 0 amide bonds. The summed E-state index contributed by atoms with van der Waals surface area (Å²) in [6.07, 6.45) is 3.62. The van der Waals surface area contributed by atoms with E-state index in [1.165, 1.54) is 55.4 Å². The van der Waals surface area contributed by atoms with E-state index < -0.39 is 6.36 Å². The number of alkyl halides is 3. The van der Waals surface area contributed by atoms with Gasteiger partial charge in [0.15, 0.2) is 0 Å². The molecule has 0 aromatic heterocycles. The first-order valence-corrected chi connectivity index (χ1v) is 9.86. The highest BCUT2D eigenvalue weighted by Gasteiger charge is 2.30. The Kier molecular flexibility index (Phi) is 6.46. The second-order valence-corrected chi connectivity index (χ2v) is 7.56. The molecule has 1 aliphatic rings. The lowest BCUT2D eigenvalue weighted by Crippen LogP contribution is -2.17. The molecule has 0 unspecified atom stereocenters. The third-order valence-electron chi connectivity index (χ3n) is 5.73. The van der Waals surface area contributed by atoms with E-state index in [1.807, 2.05) is 0 Å². The van der Waals surface area contributed by atoms with Gasteiger partial charge in [0, 0.05) is 0 Å². The molecule has 0 N–H and O–H groups in total. The SMILES string of the molecule is CC[C@H]1CC[C@H](c2ccc(CCc3ccc(OC(F)(F)F)cc3)cc2)CC1. The van der Waals surface area contributed by atoms with Crippen LogP contribution in [0.1, 0.15) is 61.6 Å². The van der Waals surface area contributed by atoms with Crippen LogP contribution in [-0.2, 0) is 12.8 Å². The van der Waals surface area contributed by atoms with E-state index in [4.69, 9.17) is 0 Å². The van der Waals surface area contributed by atoms with Gasteiger partial charge in [0.05, 0.1) is 0 Å². The number of hydrogen-bond donors (Lipinski definition) is 0. The predicted molar refractivity (Wildman–Crippen MR) is 102 cm³/mol. The molecular formula is C23H27F3O. The highest BCUT2D eigenvalue weighted by atomic mass is 19.4. The van der Waals surface area contributed by atoms with Crippen molar-refractivity contribution >= 4 is 0 Å². The topological polar surface area (TPSA) is 9.23 Å². The molecule has 146 valence electrons. The van der Waals surface area contributed by atoms with Gasteiger partial charge in [-0.3, -0.25) is 0 Å². The van der Waals surface area contributed by atoms with Gasteiger partial charge in [0.25, 0.3) is 0 Å². The summed E-state index contributed by atoms with van der Waals surface area (Å²) < 4.78 is 40.5. The number of benzene rings is 2. The van der Waals surface area contributed by atoms with Gasteiger partial charge in [-0.25, -0.2) is 0 Å². The Labute approximate surface area is 159 Å². The van der Waals surface area contributed by atoms with Crippen molar-refractivity contribution in [3.63, 3.8) is 0 Å². The van der Waals surface area contributed by atoms with Gasteiger partial charge in [-0.2, -0.15) is 0 Å². The number of rotatable bonds is 6. The summed E-state index contributed by atoms with van der Waals surface area (Å²) in [5, 5.41) is 0. The summed E-state index contributed by atoms with van der Waals surface area (Å²) >= 11 is 0. The Hall–Kier alpha value is -1.97. The minimum absolute atomic E-state index is 0.173. The summed E-state index contributed by atoms with van der Waals surface area (Å²) in [6, 6.07) is 15.0. The van der Waals surface area contributed by atoms with E-state index in [-0.39, 0.29) is 5.75 Å². The predicted octanol–water partition coefficient (Wildman–Crippen LogP) is 7.05. The Bertz CT molecular complexity index is 696. The number of aryl methyl sites for hydroxylation is 2. The Morgan fingerprint density at radius 3 is 1.81 bits per heavy atom. The molecule has 0 spiro atoms. The van der Waals surface area contributed by atoms with Crippen LogP contribution < -0.4 is 4.74 Å². The van der Waals surface area contributed by atoms with E-state index in [0.717, 1.165) is 24.3 Å². The van der Waals surface area contributed by atoms with E-state index in [0.29, 0.717) is 5.92 Å². The van der Waals surface area contributed by atoms with Crippen LogP contribution in [0, 0.1) is 5.92 Å². The number of hydrogen-bond acceptors (Lipinski definition) is 1. The Morgan fingerprint density at radius 2 is 1.33 bits per heavy atom. The fraction of sp³-hybridized carbons (Fsp3) is 0.478. The quantitative estimate of drug-likeness (QED) is 0.525. The summed E-state index contributed by atoms with van der Waals surface area (Å²) in [7, 11) is 0. The van der Waals surface area contributed by atoms with Crippen LogP contribution in [0.25, 0.3) is 0 Å². The van der Waals surface area contributed by atoms with Gasteiger partial charge in [0.1, 0.15) is 5.75 Å². The van der Waals surface area contributed by atoms with Crippen molar-refractivity contribution < 1.29 is 17.9 Å². The first-order valence-electron chi connectivity index (χ1n) is 9.86. The normalized spacial score (nSPS) is 20.4. The third kappa shape index (κ3) is 6.02. The molecular weight excluding hydrogens is 349 g/mol. The van der Waals surface area contributed by atoms with Gasteiger partial charge in [-0.15, -0.1) is 13.2 Å². The number of ether oxygens (including phenoxy) is 1. The van der Waals surface area contributed by atoms with Crippen LogP contribution in [0.15, 0.2) is 48.5 Å². The van der Waals surface area contributed by atoms with E-state index >= 15 is 0 Å². The van der Waals surface area contributed by atoms with Gasteiger partial charge >= 0.3 is 6.36 Å². The molecule has 1 nitrogen and oxygen atoms in total. The fourth-order valence-corrected chi connectivity index (χ4v) is 4.01. The highest BCUT2D eigenvalue weighted by Crippen LogP contribution is 2.37. The van der Waals surface area contributed by atoms with Gasteiger partial charge in [-0.05, 0) is 79.2 Å². The van der Waals surface area contributed by atoms with Gasteiger partial charge in [-0.1, -0.05) is 49.7 Å². The summed E-state index contributed by atoms with van der Waals surface area (Å²) in [4.78, 5) is 0. The summed E-state index contributed by atoms with van der Waals surface area (Å²) in [5.74, 6) is 1.44. The molecule has 3 rings (SSSR count). The molecule has 2 aromatic carbocycles. The number of halogens is 3. The minimum Gasteiger partial charge on any atom is -0.406 e. The molecule has 27 heavy (non-hydrogen) atoms. The maximum atomic E-state index is 12.2. The van der Waals surface area contributed by atoms with Crippen LogP contribution in [0.3, 0.4) is 0 Å². The molecule has 0 bridgehead atoms. The highest BCUT2D eigenvalue weighted by molar-refractivity contribution is 5.30. The molecule has 0 aliphatic heterocycles. The second kappa shape index (κ2) is 8.81. The first kappa shape index (κ1) is 19.8. The van der Waals surface area contributed by atoms with Crippen LogP contribution in [0.4, 0.5) is 13.2 Å². The van der Waals surface area contributed by atoms with Crippen molar-refractivity contribution in [3.05, 3.63) is 65.2 Å². The third-order valence-corrected chi connectivity index (χ3v) is 5.73. The lowest BCUT2D eigenvalue weighted by molar-refractivity contribution is -0.274. The lowest BCUT2D eigenvalue weighted by Gasteiger charge is -2.28. The first-order chi connectivity index (χ1) is 12.9. The van der Waals surface area contributed by atoms with Crippen molar-refractivity contribution in [2.24, 2.45) is 5.92 Å². The average molecular weight is 376 g/mol. The van der Waals surface area contributed by atoms with Crippen molar-refractivity contribution in [3.8, 4) is 5.75 Å². The van der Waals surface area contributed by atoms with Crippen molar-refractivity contribution in [2.75, 3.05) is 0 Å². The summed E-state index contributed by atoms with van der Waals surface area (Å²) in [6.45, 7) is 2.29. The maximum Gasteiger partial charge on any atom is 0.573 e. The summed E-state index contributed by atoms with van der Waals surface area (Å²) in [5.41, 5.74) is 3.71. The van der Waals surface area contributed by atoms with Crippen molar-refractivity contribution in [2.45, 2.75) is 64.1 Å². The van der Waals surface area contributed by atoms with Crippen molar-refractivity contribution in [1.82, 2.24) is 0 Å². The minimum atomic E-state index is -4.64. The molecule has 1 aliphatic carbocycles. The Balaban J connectivity index is 1.50. The average Bonchev–Trinajstić information content (AvgIpc) is 2.67. The van der Waals surface area contributed by atoms with Crippen LogP contribution in [0.5, 0.6) is 5.75 Å². The zero-order chi connectivity index (χ0) is 19.3. The van der Waals surface area contributed by atoms with Gasteiger partial charge < -0.3 is 4.74 Å². The molecule has 1 fully saturated rings. The molecule has 1 saturated carbocycles. The molecule has 4 heteroatoms. The van der Waals surface area contributed by atoms with Crippen LogP contribution >= 0.6 is 0 Å². The standard InChI is InChI=1S/C23H27F3O/c1-2-17-5-11-20(12-6-17)21-13-7-18(8-14-21)3-4-19-9-15-22(16-10-19)27-23(24,25)26/h7-10,13-17,20H,2-6,11-12H2,1H3/t17-,20-. The van der Waals surface area contributed by atoms with E-state index in [2.05, 4.69) is 35.9 Å². The largest absolute Gasteiger partial charge is 0.573 e. The van der Waals surface area contributed by atoms with E-state index in [1.54, 1.807) is 12.1 Å². The maximum absolute atomic E-state index is 12.2. The molecule has 2 aromatic rings. The second-order valence-electron chi connectivity index (χ2n) is 7.56. The molecule has 0 heterocycles. The van der Waals surface area contributed by atoms with Crippen LogP contribution in [-0.4, -0.2) is 6.36 Å². The zero-order valence-corrected chi connectivity index (χ0v) is 15.8. The molecule has 0 radical (unpaired) electrons. The lowest BCUT2D eigenvalue weighted by atomic mass is 9.78. The van der Waals surface area contributed by atoms with Crippen LogP contribution in [0.2, 0.25) is 0 Å². The van der Waals surface area contributed by atoms with Gasteiger partial charge in [0.2, 0.25) is 0 Å².